The molecule has 0 aliphatic rings. The number of hydrazine groups is 1. The Balaban J connectivity index is 2.13. The van der Waals surface area contributed by atoms with Gasteiger partial charge in [0.25, 0.3) is 0 Å². The standard InChI is InChI=1S/C16H20N2/c1-11-6-8-15(14(4)9-11)17-18-16-10-12(2)5-7-13(16)3/h5-10,17-18H,1-4H3. The van der Waals surface area contributed by atoms with Crippen LogP contribution in [0.3, 0.4) is 0 Å². The Morgan fingerprint density at radius 3 is 1.94 bits per heavy atom. The Hall–Kier alpha value is -1.96. The summed E-state index contributed by atoms with van der Waals surface area (Å²) in [7, 11) is 0. The molecule has 0 atom stereocenters. The molecule has 0 unspecified atom stereocenters. The van der Waals surface area contributed by atoms with Crippen molar-refractivity contribution in [1.82, 2.24) is 0 Å². The topological polar surface area (TPSA) is 24.1 Å². The summed E-state index contributed by atoms with van der Waals surface area (Å²) in [5.41, 5.74) is 13.8. The number of hydrogen-bond donors (Lipinski definition) is 2. The molecule has 18 heavy (non-hydrogen) atoms. The van der Waals surface area contributed by atoms with E-state index in [0.717, 1.165) is 11.4 Å². The van der Waals surface area contributed by atoms with E-state index < -0.39 is 0 Å². The van der Waals surface area contributed by atoms with E-state index >= 15 is 0 Å². The number of anilines is 2. The Morgan fingerprint density at radius 2 is 1.22 bits per heavy atom. The zero-order valence-corrected chi connectivity index (χ0v) is 11.5. The lowest BCUT2D eigenvalue weighted by atomic mass is 10.1. The van der Waals surface area contributed by atoms with Gasteiger partial charge in [0.1, 0.15) is 0 Å². The molecule has 0 heterocycles. The maximum Gasteiger partial charge on any atom is 0.0571 e. The lowest BCUT2D eigenvalue weighted by molar-refractivity contribution is 1.30. The van der Waals surface area contributed by atoms with Gasteiger partial charge in [-0.2, -0.15) is 0 Å². The van der Waals surface area contributed by atoms with Gasteiger partial charge in [-0.1, -0.05) is 29.8 Å². The van der Waals surface area contributed by atoms with Crippen LogP contribution in [0.5, 0.6) is 0 Å². The molecule has 0 aromatic heterocycles. The van der Waals surface area contributed by atoms with Gasteiger partial charge in [-0.3, -0.25) is 0 Å². The molecule has 0 radical (unpaired) electrons. The molecule has 94 valence electrons. The summed E-state index contributed by atoms with van der Waals surface area (Å²) in [5, 5.41) is 0. The second-order valence-electron chi connectivity index (χ2n) is 4.89. The second kappa shape index (κ2) is 5.13. The number of aryl methyl sites for hydroxylation is 4. The smallest absolute Gasteiger partial charge is 0.0571 e. The summed E-state index contributed by atoms with van der Waals surface area (Å²) < 4.78 is 0. The number of rotatable bonds is 3. The van der Waals surface area contributed by atoms with Crippen molar-refractivity contribution < 1.29 is 0 Å². The van der Waals surface area contributed by atoms with E-state index in [1.54, 1.807) is 0 Å². The van der Waals surface area contributed by atoms with E-state index in [9.17, 15) is 0 Å². The zero-order valence-electron chi connectivity index (χ0n) is 11.5. The average molecular weight is 240 g/mol. The van der Waals surface area contributed by atoms with Crippen LogP contribution in [0, 0.1) is 27.7 Å². The highest BCUT2D eigenvalue weighted by atomic mass is 15.4. The van der Waals surface area contributed by atoms with Gasteiger partial charge in [0.2, 0.25) is 0 Å². The van der Waals surface area contributed by atoms with Gasteiger partial charge in [0.15, 0.2) is 0 Å². The maximum atomic E-state index is 3.28. The predicted octanol–water partition coefficient (Wildman–Crippen LogP) is 4.36. The van der Waals surface area contributed by atoms with Crippen molar-refractivity contribution in [2.24, 2.45) is 0 Å². The molecule has 0 fully saturated rings. The van der Waals surface area contributed by atoms with Crippen molar-refractivity contribution in [2.45, 2.75) is 27.7 Å². The van der Waals surface area contributed by atoms with E-state index in [1.165, 1.54) is 22.3 Å². The van der Waals surface area contributed by atoms with Crippen molar-refractivity contribution in [3.8, 4) is 0 Å². The Labute approximate surface area is 109 Å². The van der Waals surface area contributed by atoms with Crippen molar-refractivity contribution in [1.29, 1.82) is 0 Å². The van der Waals surface area contributed by atoms with Gasteiger partial charge in [0, 0.05) is 0 Å². The summed E-state index contributed by atoms with van der Waals surface area (Å²) in [5.74, 6) is 0. The third kappa shape index (κ3) is 2.83. The molecule has 0 spiro atoms. The zero-order chi connectivity index (χ0) is 13.1. The minimum absolute atomic E-state index is 1.11. The molecule has 2 nitrogen and oxygen atoms in total. The summed E-state index contributed by atoms with van der Waals surface area (Å²) >= 11 is 0. The van der Waals surface area contributed by atoms with Crippen LogP contribution in [0.2, 0.25) is 0 Å². The van der Waals surface area contributed by atoms with Crippen LogP contribution < -0.4 is 10.9 Å². The third-order valence-electron chi connectivity index (χ3n) is 3.11. The van der Waals surface area contributed by atoms with Crippen molar-refractivity contribution in [2.75, 3.05) is 10.9 Å². The first kappa shape index (κ1) is 12.5. The molecule has 0 aliphatic heterocycles. The fourth-order valence-electron chi connectivity index (χ4n) is 1.96. The molecule has 2 N–H and O–H groups in total. The predicted molar refractivity (Wildman–Crippen MR) is 79.1 cm³/mol. The monoisotopic (exact) mass is 240 g/mol. The summed E-state index contributed by atoms with van der Waals surface area (Å²) in [6.07, 6.45) is 0. The maximum absolute atomic E-state index is 3.28. The van der Waals surface area contributed by atoms with E-state index in [2.05, 4.69) is 74.9 Å². The molecule has 0 bridgehead atoms. The molecule has 2 heteroatoms. The van der Waals surface area contributed by atoms with Crippen LogP contribution >= 0.6 is 0 Å². The lowest BCUT2D eigenvalue weighted by Crippen LogP contribution is -2.10. The van der Waals surface area contributed by atoms with Crippen LogP contribution in [-0.4, -0.2) is 0 Å². The normalized spacial score (nSPS) is 10.2. The van der Waals surface area contributed by atoms with Crippen LogP contribution in [-0.2, 0) is 0 Å². The van der Waals surface area contributed by atoms with Crippen LogP contribution in [0.15, 0.2) is 36.4 Å². The summed E-state index contributed by atoms with van der Waals surface area (Å²) in [6.45, 7) is 8.42. The van der Waals surface area contributed by atoms with E-state index in [-0.39, 0.29) is 0 Å². The molecular formula is C16H20N2. The van der Waals surface area contributed by atoms with Crippen LogP contribution in [0.25, 0.3) is 0 Å². The first-order chi connectivity index (χ1) is 8.56. The first-order valence-corrected chi connectivity index (χ1v) is 6.23. The van der Waals surface area contributed by atoms with E-state index in [4.69, 9.17) is 0 Å². The largest absolute Gasteiger partial charge is 0.301 e. The quantitative estimate of drug-likeness (QED) is 0.779. The number of benzene rings is 2. The van der Waals surface area contributed by atoms with Crippen molar-refractivity contribution in [3.63, 3.8) is 0 Å². The molecule has 2 aromatic rings. The summed E-state index contributed by atoms with van der Waals surface area (Å²) in [6, 6.07) is 12.8. The molecular weight excluding hydrogens is 220 g/mol. The van der Waals surface area contributed by atoms with Gasteiger partial charge in [-0.15, -0.1) is 0 Å². The summed E-state index contributed by atoms with van der Waals surface area (Å²) in [4.78, 5) is 0. The second-order valence-corrected chi connectivity index (χ2v) is 4.89. The molecule has 0 saturated carbocycles. The van der Waals surface area contributed by atoms with E-state index in [0.29, 0.717) is 0 Å². The van der Waals surface area contributed by atoms with Gasteiger partial charge in [-0.25, -0.2) is 0 Å². The average Bonchev–Trinajstić information content (AvgIpc) is 2.32. The highest BCUT2D eigenvalue weighted by Crippen LogP contribution is 2.19. The minimum Gasteiger partial charge on any atom is -0.301 e. The first-order valence-electron chi connectivity index (χ1n) is 6.23. The molecule has 0 amide bonds. The molecule has 0 aliphatic carbocycles. The lowest BCUT2D eigenvalue weighted by Gasteiger charge is -2.14. The number of hydrogen-bond acceptors (Lipinski definition) is 2. The van der Waals surface area contributed by atoms with Gasteiger partial charge in [0.05, 0.1) is 11.4 Å². The van der Waals surface area contributed by atoms with Gasteiger partial charge in [-0.05, 0) is 56.5 Å². The molecule has 2 aromatic carbocycles. The Bertz CT molecular complexity index is 559. The third-order valence-corrected chi connectivity index (χ3v) is 3.11. The van der Waals surface area contributed by atoms with Crippen molar-refractivity contribution in [3.05, 3.63) is 58.7 Å². The SMILES string of the molecule is Cc1ccc(NNc2cc(C)ccc2C)c(C)c1. The minimum atomic E-state index is 1.11. The Kier molecular flexibility index (Phi) is 3.56. The highest BCUT2D eigenvalue weighted by Gasteiger charge is 2.00. The fourth-order valence-corrected chi connectivity index (χ4v) is 1.96. The number of nitrogens with one attached hydrogen (secondary N) is 2. The molecule has 0 saturated heterocycles. The highest BCUT2D eigenvalue weighted by molar-refractivity contribution is 5.60. The van der Waals surface area contributed by atoms with Crippen molar-refractivity contribution >= 4 is 11.4 Å². The van der Waals surface area contributed by atoms with Gasteiger partial charge < -0.3 is 10.9 Å². The van der Waals surface area contributed by atoms with Crippen LogP contribution in [0.4, 0.5) is 11.4 Å². The van der Waals surface area contributed by atoms with Crippen LogP contribution in [0.1, 0.15) is 22.3 Å². The fraction of sp³-hybridized carbons (Fsp3) is 0.250. The van der Waals surface area contributed by atoms with E-state index in [1.807, 2.05) is 0 Å². The Morgan fingerprint density at radius 1 is 0.611 bits per heavy atom. The molecule has 2 rings (SSSR count). The van der Waals surface area contributed by atoms with Gasteiger partial charge >= 0.3 is 0 Å².